The fraction of sp³-hybridized carbons (Fsp3) is 0.143. The molecule has 0 saturated heterocycles. The standard InChI is InChI=1S/C14H10ClNO4/c15-8-3-4-10-9(6-8)14(19,13(18)16-10)7-11(17)12-2-1-5-20-12/h1-6,19H,7H2,(H,16,18)/t14-/m1/s1. The Morgan fingerprint density at radius 2 is 2.20 bits per heavy atom. The van der Waals surface area contributed by atoms with Crippen molar-refractivity contribution in [3.63, 3.8) is 0 Å². The van der Waals surface area contributed by atoms with Gasteiger partial charge in [-0.25, -0.2) is 0 Å². The van der Waals surface area contributed by atoms with Gasteiger partial charge in [-0.15, -0.1) is 0 Å². The number of benzene rings is 1. The van der Waals surface area contributed by atoms with E-state index in [0.717, 1.165) is 0 Å². The van der Waals surface area contributed by atoms with Crippen LogP contribution in [0.3, 0.4) is 0 Å². The van der Waals surface area contributed by atoms with E-state index in [-0.39, 0.29) is 5.76 Å². The van der Waals surface area contributed by atoms with Crippen molar-refractivity contribution in [2.24, 2.45) is 0 Å². The number of anilines is 1. The summed E-state index contributed by atoms with van der Waals surface area (Å²) in [6.07, 6.45) is 0.955. The van der Waals surface area contributed by atoms with Crippen LogP contribution in [0.4, 0.5) is 5.69 Å². The largest absolute Gasteiger partial charge is 0.461 e. The molecule has 102 valence electrons. The van der Waals surface area contributed by atoms with Gasteiger partial charge in [0.1, 0.15) is 0 Å². The number of ketones is 1. The van der Waals surface area contributed by atoms with Crippen LogP contribution < -0.4 is 5.32 Å². The van der Waals surface area contributed by atoms with E-state index in [4.69, 9.17) is 16.0 Å². The van der Waals surface area contributed by atoms with Gasteiger partial charge in [0.25, 0.3) is 5.91 Å². The van der Waals surface area contributed by atoms with Gasteiger partial charge in [0.05, 0.1) is 12.7 Å². The Labute approximate surface area is 119 Å². The number of carbonyl (C=O) groups excluding carboxylic acids is 2. The van der Waals surface area contributed by atoms with Crippen LogP contribution in [0.15, 0.2) is 41.0 Å². The van der Waals surface area contributed by atoms with Gasteiger partial charge in [-0.1, -0.05) is 11.6 Å². The summed E-state index contributed by atoms with van der Waals surface area (Å²) in [4.78, 5) is 24.0. The van der Waals surface area contributed by atoms with Gasteiger partial charge in [0.15, 0.2) is 11.4 Å². The van der Waals surface area contributed by atoms with Crippen molar-refractivity contribution >= 4 is 29.0 Å². The van der Waals surface area contributed by atoms with E-state index in [1.54, 1.807) is 18.2 Å². The van der Waals surface area contributed by atoms with Crippen LogP contribution in [-0.4, -0.2) is 16.8 Å². The molecule has 1 aliphatic heterocycles. The topological polar surface area (TPSA) is 79.5 Å². The Balaban J connectivity index is 1.98. The number of aliphatic hydroxyl groups is 1. The Kier molecular flexibility index (Phi) is 2.88. The van der Waals surface area contributed by atoms with Crippen LogP contribution in [0.2, 0.25) is 5.02 Å². The summed E-state index contributed by atoms with van der Waals surface area (Å²) >= 11 is 5.88. The number of halogens is 1. The number of fused-ring (bicyclic) bond motifs is 1. The van der Waals surface area contributed by atoms with Crippen molar-refractivity contribution in [2.45, 2.75) is 12.0 Å². The number of nitrogens with one attached hydrogen (secondary N) is 1. The first-order chi connectivity index (χ1) is 9.50. The Morgan fingerprint density at radius 1 is 1.40 bits per heavy atom. The minimum atomic E-state index is -1.93. The summed E-state index contributed by atoms with van der Waals surface area (Å²) in [6.45, 7) is 0. The molecule has 1 amide bonds. The molecule has 0 fully saturated rings. The molecule has 0 spiro atoms. The SMILES string of the molecule is O=C(C[C@]1(O)C(=O)Nc2ccc(Cl)cc21)c1ccco1. The van der Waals surface area contributed by atoms with Crippen molar-refractivity contribution in [1.29, 1.82) is 0 Å². The zero-order valence-corrected chi connectivity index (χ0v) is 11.0. The van der Waals surface area contributed by atoms with Gasteiger partial charge in [-0.2, -0.15) is 0 Å². The quantitative estimate of drug-likeness (QED) is 0.851. The molecular formula is C14H10ClNO4. The van der Waals surface area contributed by atoms with Crippen LogP contribution >= 0.6 is 11.6 Å². The normalized spacial score (nSPS) is 20.6. The predicted octanol–water partition coefficient (Wildman–Crippen LogP) is 2.35. The monoisotopic (exact) mass is 291 g/mol. The number of rotatable bonds is 3. The molecule has 0 aliphatic carbocycles. The molecule has 0 unspecified atom stereocenters. The maximum atomic E-state index is 12.0. The molecule has 1 aromatic carbocycles. The lowest BCUT2D eigenvalue weighted by Crippen LogP contribution is -2.36. The van der Waals surface area contributed by atoms with Crippen molar-refractivity contribution in [2.75, 3.05) is 5.32 Å². The second-order valence-electron chi connectivity index (χ2n) is 4.58. The van der Waals surface area contributed by atoms with Crippen molar-refractivity contribution in [1.82, 2.24) is 0 Å². The number of amides is 1. The smallest absolute Gasteiger partial charge is 0.261 e. The van der Waals surface area contributed by atoms with Crippen LogP contribution in [0.25, 0.3) is 0 Å². The fourth-order valence-corrected chi connectivity index (χ4v) is 2.42. The highest BCUT2D eigenvalue weighted by atomic mass is 35.5. The molecule has 1 atom stereocenters. The summed E-state index contributed by atoms with van der Waals surface area (Å²) in [6, 6.07) is 7.71. The molecule has 3 rings (SSSR count). The second-order valence-corrected chi connectivity index (χ2v) is 5.02. The van der Waals surface area contributed by atoms with Crippen LogP contribution in [0, 0.1) is 0 Å². The lowest BCUT2D eigenvalue weighted by atomic mass is 9.89. The minimum absolute atomic E-state index is 0.0988. The molecule has 2 N–H and O–H groups in total. The van der Waals surface area contributed by atoms with Crippen molar-refractivity contribution < 1.29 is 19.1 Å². The van der Waals surface area contributed by atoms with Crippen LogP contribution in [-0.2, 0) is 10.4 Å². The van der Waals surface area contributed by atoms with E-state index in [0.29, 0.717) is 16.3 Å². The number of furan rings is 1. The molecule has 2 heterocycles. The summed E-state index contributed by atoms with van der Waals surface area (Å²) in [5.74, 6) is -1.00. The van der Waals surface area contributed by atoms with E-state index in [9.17, 15) is 14.7 Å². The van der Waals surface area contributed by atoms with Crippen LogP contribution in [0.1, 0.15) is 22.5 Å². The number of hydrogen-bond acceptors (Lipinski definition) is 4. The van der Waals surface area contributed by atoms with Gasteiger partial charge in [0, 0.05) is 16.3 Å². The maximum absolute atomic E-state index is 12.0. The molecule has 1 aliphatic rings. The molecule has 6 heteroatoms. The van der Waals surface area contributed by atoms with E-state index >= 15 is 0 Å². The minimum Gasteiger partial charge on any atom is -0.461 e. The highest BCUT2D eigenvalue weighted by Gasteiger charge is 2.47. The average Bonchev–Trinajstić information content (AvgIpc) is 3.00. The van der Waals surface area contributed by atoms with E-state index in [2.05, 4.69) is 5.32 Å². The van der Waals surface area contributed by atoms with Gasteiger partial charge in [-0.05, 0) is 30.3 Å². The lowest BCUT2D eigenvalue weighted by molar-refractivity contribution is -0.133. The average molecular weight is 292 g/mol. The van der Waals surface area contributed by atoms with E-state index in [1.807, 2.05) is 0 Å². The molecule has 1 aromatic heterocycles. The Hall–Kier alpha value is -2.11. The van der Waals surface area contributed by atoms with Gasteiger partial charge < -0.3 is 14.8 Å². The van der Waals surface area contributed by atoms with Crippen LogP contribution in [0.5, 0.6) is 0 Å². The van der Waals surface area contributed by atoms with Crippen molar-refractivity contribution in [3.8, 4) is 0 Å². The first-order valence-electron chi connectivity index (χ1n) is 5.91. The third kappa shape index (κ3) is 1.92. The van der Waals surface area contributed by atoms with Gasteiger partial charge in [0.2, 0.25) is 5.78 Å². The summed E-state index contributed by atoms with van der Waals surface area (Å²) in [5.41, 5.74) is -1.17. The summed E-state index contributed by atoms with van der Waals surface area (Å²) in [5, 5.41) is 13.5. The zero-order chi connectivity index (χ0) is 14.3. The molecule has 20 heavy (non-hydrogen) atoms. The van der Waals surface area contributed by atoms with Crippen molar-refractivity contribution in [3.05, 3.63) is 52.9 Å². The molecule has 2 aromatic rings. The first kappa shape index (κ1) is 12.9. The molecule has 0 radical (unpaired) electrons. The number of hydrogen-bond donors (Lipinski definition) is 2. The predicted molar refractivity (Wildman–Crippen MR) is 71.6 cm³/mol. The molecule has 0 saturated carbocycles. The fourth-order valence-electron chi connectivity index (χ4n) is 2.25. The zero-order valence-electron chi connectivity index (χ0n) is 10.2. The lowest BCUT2D eigenvalue weighted by Gasteiger charge is -2.19. The summed E-state index contributed by atoms with van der Waals surface area (Å²) in [7, 11) is 0. The van der Waals surface area contributed by atoms with Gasteiger partial charge in [-0.3, -0.25) is 9.59 Å². The molecule has 0 bridgehead atoms. The number of carbonyl (C=O) groups is 2. The highest BCUT2D eigenvalue weighted by molar-refractivity contribution is 6.31. The van der Waals surface area contributed by atoms with E-state index in [1.165, 1.54) is 18.4 Å². The molecular weight excluding hydrogens is 282 g/mol. The Bertz CT molecular complexity index is 695. The summed E-state index contributed by atoms with van der Waals surface area (Å²) < 4.78 is 4.98. The Morgan fingerprint density at radius 3 is 2.90 bits per heavy atom. The highest BCUT2D eigenvalue weighted by Crippen LogP contribution is 2.40. The third-order valence-electron chi connectivity index (χ3n) is 3.26. The number of Topliss-reactive ketones (excluding diaryl/α,β-unsaturated/α-hetero) is 1. The van der Waals surface area contributed by atoms with Gasteiger partial charge >= 0.3 is 0 Å². The first-order valence-corrected chi connectivity index (χ1v) is 6.29. The molecule has 5 nitrogen and oxygen atoms in total. The third-order valence-corrected chi connectivity index (χ3v) is 3.50. The second kappa shape index (κ2) is 4.47. The van der Waals surface area contributed by atoms with E-state index < -0.39 is 23.7 Å². The maximum Gasteiger partial charge on any atom is 0.261 e.